The molecule has 0 aromatic heterocycles. The number of hydrogen-bond donors (Lipinski definition) is 0. The lowest BCUT2D eigenvalue weighted by Crippen LogP contribution is -2.31. The maximum atomic E-state index is 13.7. The van der Waals surface area contributed by atoms with Gasteiger partial charge in [-0.05, 0) is 36.4 Å². The van der Waals surface area contributed by atoms with Crippen LogP contribution in [0.15, 0.2) is 46.9 Å². The largest absolute Gasteiger partial charge is 0.452 e. The van der Waals surface area contributed by atoms with E-state index in [2.05, 4.69) is 15.9 Å². The van der Waals surface area contributed by atoms with Crippen LogP contribution < -0.4 is 0 Å². The van der Waals surface area contributed by atoms with Crippen molar-refractivity contribution in [2.45, 2.75) is 6.54 Å². The molecule has 24 heavy (non-hydrogen) atoms. The number of carbonyl (C=O) groups excluding carboxylic acids is 2. The molecule has 1 amide bonds. The van der Waals surface area contributed by atoms with Gasteiger partial charge in [0.25, 0.3) is 5.91 Å². The number of likely N-dealkylation sites (N-methyl/N-ethyl adjacent to an activating group) is 1. The minimum Gasteiger partial charge on any atom is -0.452 e. The Kier molecular flexibility index (Phi) is 6.34. The fourth-order valence-electron chi connectivity index (χ4n) is 1.92. The molecule has 2 aromatic rings. The first-order chi connectivity index (χ1) is 11.4. The zero-order valence-electron chi connectivity index (χ0n) is 12.8. The lowest BCUT2D eigenvalue weighted by atomic mass is 10.2. The summed E-state index contributed by atoms with van der Waals surface area (Å²) in [6.07, 6.45) is 0. The van der Waals surface area contributed by atoms with Crippen molar-refractivity contribution in [3.63, 3.8) is 0 Å². The number of halogens is 3. The molecule has 0 saturated heterocycles. The zero-order valence-corrected chi connectivity index (χ0v) is 15.1. The van der Waals surface area contributed by atoms with Crippen molar-refractivity contribution < 1.29 is 18.7 Å². The van der Waals surface area contributed by atoms with Crippen molar-refractivity contribution in [2.24, 2.45) is 0 Å². The molecule has 4 nitrogen and oxygen atoms in total. The third-order valence-electron chi connectivity index (χ3n) is 3.29. The van der Waals surface area contributed by atoms with Crippen molar-refractivity contribution in [1.29, 1.82) is 0 Å². The lowest BCUT2D eigenvalue weighted by molar-refractivity contribution is -0.133. The summed E-state index contributed by atoms with van der Waals surface area (Å²) in [5.41, 5.74) is 0.556. The Bertz CT molecular complexity index is 732. The summed E-state index contributed by atoms with van der Waals surface area (Å²) in [7, 11) is 1.48. The van der Waals surface area contributed by atoms with E-state index >= 15 is 0 Å². The molecule has 0 bridgehead atoms. The average molecular weight is 415 g/mol. The van der Waals surface area contributed by atoms with Crippen LogP contribution in [0.4, 0.5) is 4.39 Å². The SMILES string of the molecule is CN(Cc1c(F)cccc1Cl)C(=O)COC(=O)c1ccc(Br)cc1. The van der Waals surface area contributed by atoms with E-state index in [4.69, 9.17) is 16.3 Å². The molecule has 2 rings (SSSR count). The number of amides is 1. The van der Waals surface area contributed by atoms with Crippen LogP contribution >= 0.6 is 27.5 Å². The van der Waals surface area contributed by atoms with Crippen LogP contribution in [-0.2, 0) is 16.1 Å². The first-order valence-corrected chi connectivity index (χ1v) is 8.15. The number of hydrogen-bond acceptors (Lipinski definition) is 3. The van der Waals surface area contributed by atoms with E-state index in [0.717, 1.165) is 4.47 Å². The van der Waals surface area contributed by atoms with Crippen LogP contribution in [0.5, 0.6) is 0 Å². The second kappa shape index (κ2) is 8.26. The molecule has 0 radical (unpaired) electrons. The van der Waals surface area contributed by atoms with Crippen LogP contribution in [0.2, 0.25) is 5.02 Å². The van der Waals surface area contributed by atoms with Gasteiger partial charge in [-0.1, -0.05) is 33.6 Å². The molecule has 0 unspecified atom stereocenters. The Hall–Kier alpha value is -1.92. The predicted octanol–water partition coefficient (Wildman–Crippen LogP) is 4.06. The molecule has 126 valence electrons. The van der Waals surface area contributed by atoms with Crippen LogP contribution in [-0.4, -0.2) is 30.4 Å². The lowest BCUT2D eigenvalue weighted by Gasteiger charge is -2.18. The number of esters is 1. The molecule has 0 aliphatic heterocycles. The maximum Gasteiger partial charge on any atom is 0.338 e. The van der Waals surface area contributed by atoms with Gasteiger partial charge in [0.1, 0.15) is 5.82 Å². The second-order valence-electron chi connectivity index (χ2n) is 5.03. The molecule has 0 saturated carbocycles. The van der Waals surface area contributed by atoms with E-state index in [0.29, 0.717) is 5.56 Å². The molecule has 0 N–H and O–H groups in total. The van der Waals surface area contributed by atoms with Gasteiger partial charge in [-0.3, -0.25) is 4.79 Å². The minimum absolute atomic E-state index is 0.0137. The van der Waals surface area contributed by atoms with Crippen molar-refractivity contribution in [1.82, 2.24) is 4.90 Å². The third kappa shape index (κ3) is 4.79. The highest BCUT2D eigenvalue weighted by atomic mass is 79.9. The molecule has 0 aliphatic rings. The maximum absolute atomic E-state index is 13.7. The molecule has 0 heterocycles. The van der Waals surface area contributed by atoms with Crippen LogP contribution in [0.1, 0.15) is 15.9 Å². The zero-order chi connectivity index (χ0) is 17.7. The van der Waals surface area contributed by atoms with E-state index in [1.807, 2.05) is 0 Å². The van der Waals surface area contributed by atoms with Gasteiger partial charge >= 0.3 is 5.97 Å². The normalized spacial score (nSPS) is 10.3. The standard InChI is InChI=1S/C17H14BrClFNO3/c1-21(9-13-14(19)3-2-4-15(13)20)16(22)10-24-17(23)11-5-7-12(18)8-6-11/h2-8H,9-10H2,1H3. The summed E-state index contributed by atoms with van der Waals surface area (Å²) in [4.78, 5) is 25.1. The molecule has 0 aliphatic carbocycles. The summed E-state index contributed by atoms with van der Waals surface area (Å²) < 4.78 is 19.5. The van der Waals surface area contributed by atoms with Gasteiger partial charge in [0.15, 0.2) is 6.61 Å². The van der Waals surface area contributed by atoms with Crippen molar-refractivity contribution >= 4 is 39.4 Å². The van der Waals surface area contributed by atoms with Gasteiger partial charge in [-0.25, -0.2) is 9.18 Å². The monoisotopic (exact) mass is 413 g/mol. The van der Waals surface area contributed by atoms with E-state index in [1.165, 1.54) is 24.1 Å². The Labute approximate surface area is 152 Å². The van der Waals surface area contributed by atoms with E-state index < -0.39 is 24.3 Å². The first-order valence-electron chi connectivity index (χ1n) is 6.98. The Balaban J connectivity index is 1.92. The molecular weight excluding hydrogens is 401 g/mol. The summed E-state index contributed by atoms with van der Waals surface area (Å²) in [5, 5.41) is 0.238. The summed E-state index contributed by atoms with van der Waals surface area (Å²) >= 11 is 9.20. The van der Waals surface area contributed by atoms with E-state index in [1.54, 1.807) is 30.3 Å². The second-order valence-corrected chi connectivity index (χ2v) is 6.36. The van der Waals surface area contributed by atoms with Crippen molar-refractivity contribution in [3.05, 3.63) is 68.9 Å². The smallest absolute Gasteiger partial charge is 0.338 e. The molecule has 0 spiro atoms. The molecule has 7 heteroatoms. The topological polar surface area (TPSA) is 46.6 Å². The van der Waals surface area contributed by atoms with Gasteiger partial charge in [-0.2, -0.15) is 0 Å². The fraction of sp³-hybridized carbons (Fsp3) is 0.176. The average Bonchev–Trinajstić information content (AvgIpc) is 2.56. The van der Waals surface area contributed by atoms with Gasteiger partial charge < -0.3 is 9.64 Å². The van der Waals surface area contributed by atoms with Gasteiger partial charge in [0, 0.05) is 28.7 Å². The van der Waals surface area contributed by atoms with E-state index in [9.17, 15) is 14.0 Å². The summed E-state index contributed by atoms with van der Waals surface area (Å²) in [6.45, 7) is -0.447. The third-order valence-corrected chi connectivity index (χ3v) is 4.17. The Morgan fingerprint density at radius 2 is 1.88 bits per heavy atom. The molecule has 0 fully saturated rings. The number of benzene rings is 2. The number of carbonyl (C=O) groups is 2. The van der Waals surface area contributed by atoms with Crippen LogP contribution in [0.25, 0.3) is 0 Å². The fourth-order valence-corrected chi connectivity index (χ4v) is 2.40. The first kappa shape index (κ1) is 18.4. The van der Waals surface area contributed by atoms with Gasteiger partial charge in [-0.15, -0.1) is 0 Å². The highest BCUT2D eigenvalue weighted by Crippen LogP contribution is 2.20. The summed E-state index contributed by atoms with van der Waals surface area (Å²) in [6, 6.07) is 10.9. The minimum atomic E-state index is -0.604. The number of rotatable bonds is 5. The van der Waals surface area contributed by atoms with Crippen LogP contribution in [0, 0.1) is 5.82 Å². The molecule has 0 atom stereocenters. The van der Waals surface area contributed by atoms with Crippen molar-refractivity contribution in [3.8, 4) is 0 Å². The quantitative estimate of drug-likeness (QED) is 0.693. The molecule has 2 aromatic carbocycles. The predicted molar refractivity (Wildman–Crippen MR) is 92.3 cm³/mol. The Morgan fingerprint density at radius 1 is 1.21 bits per heavy atom. The number of ether oxygens (including phenoxy) is 1. The summed E-state index contributed by atoms with van der Waals surface area (Å²) in [5.74, 6) is -1.55. The highest BCUT2D eigenvalue weighted by molar-refractivity contribution is 9.10. The number of nitrogens with zero attached hydrogens (tertiary/aromatic N) is 1. The van der Waals surface area contributed by atoms with E-state index in [-0.39, 0.29) is 17.1 Å². The van der Waals surface area contributed by atoms with Gasteiger partial charge in [0.2, 0.25) is 0 Å². The molecular formula is C17H14BrClFNO3. The Morgan fingerprint density at radius 3 is 2.50 bits per heavy atom. The highest BCUT2D eigenvalue weighted by Gasteiger charge is 2.16. The van der Waals surface area contributed by atoms with Crippen molar-refractivity contribution in [2.75, 3.05) is 13.7 Å². The van der Waals surface area contributed by atoms with Crippen LogP contribution in [0.3, 0.4) is 0 Å². The van der Waals surface area contributed by atoms with Gasteiger partial charge in [0.05, 0.1) is 5.56 Å².